The molecule has 1 aliphatic heterocycles. The first-order chi connectivity index (χ1) is 13.6. The molecule has 28 heavy (non-hydrogen) atoms. The van der Waals surface area contributed by atoms with Crippen LogP contribution in [-0.2, 0) is 11.2 Å². The number of carbonyl (C=O) groups excluding carboxylic acids is 1. The molecule has 0 spiro atoms. The zero-order valence-corrected chi connectivity index (χ0v) is 16.5. The Bertz CT molecular complexity index is 959. The first kappa shape index (κ1) is 18.8. The molecule has 0 bridgehead atoms. The Labute approximate surface area is 168 Å². The SMILES string of the molecule is CN1CCN(C(=O)Cc2csc(-c3cccc(F)c3)n2)[C@@H](c2ccccc2)C1. The van der Waals surface area contributed by atoms with Gasteiger partial charge in [0, 0.05) is 30.6 Å². The summed E-state index contributed by atoms with van der Waals surface area (Å²) >= 11 is 1.44. The van der Waals surface area contributed by atoms with E-state index in [9.17, 15) is 9.18 Å². The number of benzene rings is 2. The van der Waals surface area contributed by atoms with Gasteiger partial charge < -0.3 is 9.80 Å². The summed E-state index contributed by atoms with van der Waals surface area (Å²) in [7, 11) is 2.09. The number of rotatable bonds is 4. The number of hydrogen-bond acceptors (Lipinski definition) is 4. The summed E-state index contributed by atoms with van der Waals surface area (Å²) in [5.41, 5.74) is 2.63. The first-order valence-electron chi connectivity index (χ1n) is 9.33. The fourth-order valence-electron chi connectivity index (χ4n) is 3.58. The summed E-state index contributed by atoms with van der Waals surface area (Å²) < 4.78 is 13.5. The maximum absolute atomic E-state index is 13.5. The van der Waals surface area contributed by atoms with Gasteiger partial charge in [-0.15, -0.1) is 11.3 Å². The third-order valence-corrected chi connectivity index (χ3v) is 5.98. The van der Waals surface area contributed by atoms with Gasteiger partial charge in [-0.05, 0) is 24.7 Å². The largest absolute Gasteiger partial charge is 0.333 e. The van der Waals surface area contributed by atoms with Gasteiger partial charge in [-0.2, -0.15) is 0 Å². The van der Waals surface area contributed by atoms with Crippen LogP contribution < -0.4 is 0 Å². The van der Waals surface area contributed by atoms with Crippen molar-refractivity contribution in [2.24, 2.45) is 0 Å². The van der Waals surface area contributed by atoms with Crippen LogP contribution in [0.5, 0.6) is 0 Å². The number of thiazole rings is 1. The third kappa shape index (κ3) is 4.13. The summed E-state index contributed by atoms with van der Waals surface area (Å²) in [5, 5.41) is 2.63. The molecule has 144 valence electrons. The van der Waals surface area contributed by atoms with Crippen molar-refractivity contribution in [1.29, 1.82) is 0 Å². The van der Waals surface area contributed by atoms with Crippen molar-refractivity contribution in [3.05, 3.63) is 77.1 Å². The van der Waals surface area contributed by atoms with Gasteiger partial charge in [0.2, 0.25) is 5.91 Å². The van der Waals surface area contributed by atoms with E-state index in [1.807, 2.05) is 34.5 Å². The summed E-state index contributed by atoms with van der Waals surface area (Å²) in [6.45, 7) is 2.39. The Kier molecular flexibility index (Phi) is 5.50. The third-order valence-electron chi connectivity index (χ3n) is 5.04. The molecule has 0 radical (unpaired) electrons. The van der Waals surface area contributed by atoms with E-state index < -0.39 is 0 Å². The van der Waals surface area contributed by atoms with E-state index in [2.05, 4.69) is 29.1 Å². The minimum absolute atomic E-state index is 0.0498. The zero-order chi connectivity index (χ0) is 19.5. The highest BCUT2D eigenvalue weighted by atomic mass is 32.1. The van der Waals surface area contributed by atoms with Crippen molar-refractivity contribution in [3.8, 4) is 10.6 Å². The van der Waals surface area contributed by atoms with Crippen LogP contribution in [0.25, 0.3) is 10.6 Å². The van der Waals surface area contributed by atoms with E-state index >= 15 is 0 Å². The quantitative estimate of drug-likeness (QED) is 0.670. The van der Waals surface area contributed by atoms with Crippen molar-refractivity contribution in [2.45, 2.75) is 12.5 Å². The van der Waals surface area contributed by atoms with Crippen molar-refractivity contribution in [1.82, 2.24) is 14.8 Å². The molecule has 1 fully saturated rings. The zero-order valence-electron chi connectivity index (χ0n) is 15.7. The smallest absolute Gasteiger partial charge is 0.229 e. The second-order valence-corrected chi connectivity index (χ2v) is 7.97. The van der Waals surface area contributed by atoms with Gasteiger partial charge in [-0.25, -0.2) is 9.37 Å². The van der Waals surface area contributed by atoms with Crippen LogP contribution in [0.2, 0.25) is 0 Å². The topological polar surface area (TPSA) is 36.4 Å². The number of amides is 1. The number of hydrogen-bond donors (Lipinski definition) is 0. The molecule has 3 aromatic rings. The lowest BCUT2D eigenvalue weighted by molar-refractivity contribution is -0.135. The van der Waals surface area contributed by atoms with E-state index in [4.69, 9.17) is 0 Å². The lowest BCUT2D eigenvalue weighted by Gasteiger charge is -2.40. The van der Waals surface area contributed by atoms with Crippen LogP contribution in [0.1, 0.15) is 17.3 Å². The fourth-order valence-corrected chi connectivity index (χ4v) is 4.39. The molecule has 0 unspecified atom stereocenters. The predicted octanol–water partition coefficient (Wildman–Crippen LogP) is 4.01. The minimum atomic E-state index is -0.284. The van der Waals surface area contributed by atoms with Gasteiger partial charge in [0.1, 0.15) is 10.8 Å². The van der Waals surface area contributed by atoms with Crippen molar-refractivity contribution in [2.75, 3.05) is 26.7 Å². The average Bonchev–Trinajstić information content (AvgIpc) is 3.17. The fraction of sp³-hybridized carbons (Fsp3) is 0.273. The van der Waals surface area contributed by atoms with Gasteiger partial charge in [0.25, 0.3) is 0 Å². The highest BCUT2D eigenvalue weighted by Gasteiger charge is 2.30. The van der Waals surface area contributed by atoms with Gasteiger partial charge in [0.15, 0.2) is 0 Å². The molecule has 1 aromatic heterocycles. The molecule has 1 aliphatic rings. The van der Waals surface area contributed by atoms with Gasteiger partial charge in [-0.1, -0.05) is 42.5 Å². The average molecular weight is 396 g/mol. The highest BCUT2D eigenvalue weighted by Crippen LogP contribution is 2.27. The molecule has 2 aromatic carbocycles. The van der Waals surface area contributed by atoms with E-state index in [0.29, 0.717) is 6.54 Å². The van der Waals surface area contributed by atoms with Crippen LogP contribution in [0.15, 0.2) is 60.0 Å². The Morgan fingerprint density at radius 2 is 2.00 bits per heavy atom. The molecule has 2 heterocycles. The molecule has 1 saturated heterocycles. The second kappa shape index (κ2) is 8.20. The molecular formula is C22H22FN3OS. The summed E-state index contributed by atoms with van der Waals surface area (Å²) in [6.07, 6.45) is 0.263. The Hall–Kier alpha value is -2.57. The van der Waals surface area contributed by atoms with Crippen molar-refractivity contribution in [3.63, 3.8) is 0 Å². The van der Waals surface area contributed by atoms with Gasteiger partial charge in [0.05, 0.1) is 18.2 Å². The Morgan fingerprint density at radius 3 is 2.79 bits per heavy atom. The number of aromatic nitrogens is 1. The predicted molar refractivity (Wildman–Crippen MR) is 110 cm³/mol. The maximum Gasteiger partial charge on any atom is 0.229 e. The lowest BCUT2D eigenvalue weighted by Crippen LogP contribution is -2.49. The summed E-state index contributed by atoms with van der Waals surface area (Å²) in [6, 6.07) is 16.6. The normalized spacial score (nSPS) is 17.6. The first-order valence-corrected chi connectivity index (χ1v) is 10.2. The highest BCUT2D eigenvalue weighted by molar-refractivity contribution is 7.13. The number of piperazine rings is 1. The molecule has 4 nitrogen and oxygen atoms in total. The molecule has 0 saturated carbocycles. The van der Waals surface area contributed by atoms with Crippen LogP contribution in [-0.4, -0.2) is 47.4 Å². The number of carbonyl (C=O) groups is 1. The van der Waals surface area contributed by atoms with E-state index in [-0.39, 0.29) is 24.2 Å². The van der Waals surface area contributed by atoms with Crippen LogP contribution >= 0.6 is 11.3 Å². The van der Waals surface area contributed by atoms with Crippen LogP contribution in [0.4, 0.5) is 4.39 Å². The second-order valence-electron chi connectivity index (χ2n) is 7.11. The van der Waals surface area contributed by atoms with Crippen molar-refractivity contribution < 1.29 is 9.18 Å². The number of halogens is 1. The molecular weight excluding hydrogens is 373 g/mol. The summed E-state index contributed by atoms with van der Waals surface area (Å²) in [4.78, 5) is 21.9. The number of likely N-dealkylation sites (N-methyl/N-ethyl adjacent to an activating group) is 1. The van der Waals surface area contributed by atoms with E-state index in [0.717, 1.165) is 34.9 Å². The molecule has 1 atom stereocenters. The summed E-state index contributed by atoms with van der Waals surface area (Å²) in [5.74, 6) is -0.202. The maximum atomic E-state index is 13.5. The van der Waals surface area contributed by atoms with Gasteiger partial charge in [-0.3, -0.25) is 4.79 Å². The van der Waals surface area contributed by atoms with E-state index in [1.165, 1.54) is 23.5 Å². The van der Waals surface area contributed by atoms with Crippen LogP contribution in [0, 0.1) is 5.82 Å². The molecule has 0 N–H and O–H groups in total. The van der Waals surface area contributed by atoms with E-state index in [1.54, 1.807) is 6.07 Å². The minimum Gasteiger partial charge on any atom is -0.333 e. The standard InChI is InChI=1S/C22H22FN3OS/c1-25-10-11-26(20(14-25)16-6-3-2-4-7-16)21(27)13-19-15-28-22(24-19)17-8-5-9-18(23)12-17/h2-9,12,15,20H,10-11,13-14H2,1H3/t20-/m1/s1. The molecule has 1 amide bonds. The Balaban J connectivity index is 1.51. The van der Waals surface area contributed by atoms with Crippen molar-refractivity contribution >= 4 is 17.2 Å². The lowest BCUT2D eigenvalue weighted by atomic mass is 10.0. The molecule has 6 heteroatoms. The molecule has 4 rings (SSSR count). The monoisotopic (exact) mass is 395 g/mol. The van der Waals surface area contributed by atoms with Crippen LogP contribution in [0.3, 0.4) is 0 Å². The molecule has 0 aliphatic carbocycles. The number of nitrogens with zero attached hydrogens (tertiary/aromatic N) is 3. The van der Waals surface area contributed by atoms with Gasteiger partial charge >= 0.3 is 0 Å². The Morgan fingerprint density at radius 1 is 1.18 bits per heavy atom.